The summed E-state index contributed by atoms with van der Waals surface area (Å²) in [5.41, 5.74) is 6.62. The third-order valence-corrected chi connectivity index (χ3v) is 7.53. The van der Waals surface area contributed by atoms with E-state index in [-0.39, 0.29) is 35.5 Å². The van der Waals surface area contributed by atoms with Crippen molar-refractivity contribution in [2.24, 2.45) is 11.8 Å². The zero-order valence-electron chi connectivity index (χ0n) is 17.4. The Balaban J connectivity index is 1.57. The van der Waals surface area contributed by atoms with Gasteiger partial charge in [-0.2, -0.15) is 0 Å². The Labute approximate surface area is 186 Å². The molecule has 31 heavy (non-hydrogen) atoms. The lowest BCUT2D eigenvalue weighted by molar-refractivity contribution is -0.122. The lowest BCUT2D eigenvalue weighted by Gasteiger charge is -2.46. The fourth-order valence-corrected chi connectivity index (χ4v) is 6.16. The van der Waals surface area contributed by atoms with Crippen molar-refractivity contribution in [3.05, 3.63) is 99.6 Å². The lowest BCUT2D eigenvalue weighted by atomic mass is 9.54. The van der Waals surface area contributed by atoms with Crippen LogP contribution in [-0.4, -0.2) is 11.8 Å². The van der Waals surface area contributed by atoms with Gasteiger partial charge < -0.3 is 0 Å². The smallest absolute Gasteiger partial charge is 0.238 e. The maximum absolute atomic E-state index is 13.8. The van der Waals surface area contributed by atoms with E-state index in [1.54, 1.807) is 24.3 Å². The van der Waals surface area contributed by atoms with Gasteiger partial charge in [0.15, 0.2) is 0 Å². The molecule has 0 unspecified atom stereocenters. The summed E-state index contributed by atoms with van der Waals surface area (Å²) in [5, 5.41) is 0.518. The molecule has 1 heterocycles. The van der Waals surface area contributed by atoms with Crippen LogP contribution in [0.2, 0.25) is 5.02 Å². The van der Waals surface area contributed by atoms with Crippen LogP contribution in [0.25, 0.3) is 0 Å². The predicted octanol–water partition coefficient (Wildman–Crippen LogP) is 5.86. The van der Waals surface area contributed by atoms with Gasteiger partial charge in [0.2, 0.25) is 11.8 Å². The van der Waals surface area contributed by atoms with Crippen LogP contribution >= 0.6 is 11.6 Å². The highest BCUT2D eigenvalue weighted by molar-refractivity contribution is 6.31. The summed E-state index contributed by atoms with van der Waals surface area (Å²) in [7, 11) is 0. The zero-order chi connectivity index (χ0) is 21.4. The van der Waals surface area contributed by atoms with Crippen LogP contribution < -0.4 is 4.90 Å². The molecule has 1 aliphatic heterocycles. The van der Waals surface area contributed by atoms with Crippen LogP contribution in [0.4, 0.5) is 5.69 Å². The molecular formula is C27H22ClNO2. The predicted molar refractivity (Wildman–Crippen MR) is 122 cm³/mol. The molecule has 0 radical (unpaired) electrons. The van der Waals surface area contributed by atoms with E-state index in [0.717, 1.165) is 0 Å². The second-order valence-corrected chi connectivity index (χ2v) is 9.61. The van der Waals surface area contributed by atoms with E-state index in [4.69, 9.17) is 11.6 Å². The molecule has 2 bridgehead atoms. The minimum Gasteiger partial charge on any atom is -0.274 e. The highest BCUT2D eigenvalue weighted by atomic mass is 35.5. The van der Waals surface area contributed by atoms with E-state index in [2.05, 4.69) is 44.2 Å². The van der Waals surface area contributed by atoms with E-state index < -0.39 is 0 Å². The van der Waals surface area contributed by atoms with Gasteiger partial charge in [0.05, 0.1) is 17.5 Å². The van der Waals surface area contributed by atoms with E-state index in [9.17, 15) is 9.59 Å². The number of imide groups is 1. The quantitative estimate of drug-likeness (QED) is 0.480. The van der Waals surface area contributed by atoms with Crippen LogP contribution in [-0.2, 0) is 9.59 Å². The van der Waals surface area contributed by atoms with E-state index in [0.29, 0.717) is 16.6 Å². The topological polar surface area (TPSA) is 37.4 Å². The van der Waals surface area contributed by atoms with Crippen LogP contribution in [0.15, 0.2) is 66.7 Å². The van der Waals surface area contributed by atoms with Crippen molar-refractivity contribution in [2.75, 3.05) is 4.90 Å². The number of carbonyl (C=O) groups excluding carboxylic acids is 2. The molecule has 7 rings (SSSR count). The van der Waals surface area contributed by atoms with Gasteiger partial charge in [0.25, 0.3) is 0 Å². The molecule has 4 atom stereocenters. The highest BCUT2D eigenvalue weighted by Gasteiger charge is 2.61. The van der Waals surface area contributed by atoms with E-state index >= 15 is 0 Å². The molecule has 2 amide bonds. The number of nitrogens with zero attached hydrogens (tertiary/aromatic N) is 1. The van der Waals surface area contributed by atoms with Crippen molar-refractivity contribution in [2.45, 2.75) is 31.6 Å². The summed E-state index contributed by atoms with van der Waals surface area (Å²) in [4.78, 5) is 28.8. The molecule has 3 aliphatic carbocycles. The minimum absolute atomic E-state index is 0.0944. The first-order valence-corrected chi connectivity index (χ1v) is 11.2. The van der Waals surface area contributed by atoms with Crippen LogP contribution in [0.3, 0.4) is 0 Å². The summed E-state index contributed by atoms with van der Waals surface area (Å²) >= 11 is 6.19. The summed E-state index contributed by atoms with van der Waals surface area (Å²) in [5.74, 6) is -0.753. The average molecular weight is 428 g/mol. The number of benzene rings is 3. The molecule has 4 aliphatic rings. The Morgan fingerprint density at radius 2 is 1.35 bits per heavy atom. The highest BCUT2D eigenvalue weighted by Crippen LogP contribution is 2.61. The molecule has 0 N–H and O–H groups in total. The third kappa shape index (κ3) is 2.47. The Bertz CT molecular complexity index is 1260. The van der Waals surface area contributed by atoms with Crippen molar-refractivity contribution in [1.82, 2.24) is 0 Å². The number of amides is 2. The molecule has 3 nitrogen and oxygen atoms in total. The van der Waals surface area contributed by atoms with Crippen molar-refractivity contribution in [3.63, 3.8) is 0 Å². The van der Waals surface area contributed by atoms with E-state index in [1.165, 1.54) is 32.7 Å². The summed E-state index contributed by atoms with van der Waals surface area (Å²) in [6, 6.07) is 22.0. The van der Waals surface area contributed by atoms with Crippen LogP contribution in [0, 0.1) is 11.8 Å². The van der Waals surface area contributed by atoms with Gasteiger partial charge in [-0.1, -0.05) is 74.0 Å². The van der Waals surface area contributed by atoms with Crippen molar-refractivity contribution in [3.8, 4) is 0 Å². The Hall–Kier alpha value is -2.91. The molecular weight excluding hydrogens is 406 g/mol. The minimum atomic E-state index is -0.374. The Morgan fingerprint density at radius 3 is 1.97 bits per heavy atom. The summed E-state index contributed by atoms with van der Waals surface area (Å²) in [6.45, 7) is 4.37. The van der Waals surface area contributed by atoms with Crippen molar-refractivity contribution in [1.29, 1.82) is 0 Å². The number of hydrogen-bond donors (Lipinski definition) is 0. The third-order valence-electron chi connectivity index (χ3n) is 7.30. The molecule has 0 saturated carbocycles. The first-order chi connectivity index (χ1) is 15.0. The van der Waals surface area contributed by atoms with E-state index in [1.807, 2.05) is 12.1 Å². The number of anilines is 1. The fraction of sp³-hybridized carbons (Fsp3) is 0.259. The first kappa shape index (κ1) is 18.8. The number of halogens is 1. The molecule has 1 fully saturated rings. The van der Waals surface area contributed by atoms with Gasteiger partial charge >= 0.3 is 0 Å². The molecule has 3 aromatic carbocycles. The Kier molecular flexibility index (Phi) is 3.97. The largest absolute Gasteiger partial charge is 0.274 e. The maximum Gasteiger partial charge on any atom is 0.238 e. The van der Waals surface area contributed by atoms with Gasteiger partial charge in [0.1, 0.15) is 0 Å². The molecule has 154 valence electrons. The second-order valence-electron chi connectivity index (χ2n) is 9.17. The first-order valence-electron chi connectivity index (χ1n) is 10.8. The zero-order valence-corrected chi connectivity index (χ0v) is 18.1. The molecule has 1 saturated heterocycles. The molecule has 0 aromatic heterocycles. The number of rotatable bonds is 2. The molecule has 4 heteroatoms. The van der Waals surface area contributed by atoms with Crippen LogP contribution in [0.5, 0.6) is 0 Å². The van der Waals surface area contributed by atoms with Gasteiger partial charge in [0, 0.05) is 16.9 Å². The molecule has 0 spiro atoms. The average Bonchev–Trinajstić information content (AvgIpc) is 3.04. The van der Waals surface area contributed by atoms with Gasteiger partial charge in [-0.25, -0.2) is 4.90 Å². The standard InChI is InChI=1S/C27H22ClNO2/c1-14(2)15-10-11-20-21(12-15)23-19-9-4-3-8-18(19)22(20)24-25(23)27(31)29(26(24)30)17-7-5-6-16(28)13-17/h3-14,22-25H,1-2H3/t22-,23-,24+,25-/m1/s1. The Morgan fingerprint density at radius 1 is 0.742 bits per heavy atom. The maximum atomic E-state index is 13.8. The second kappa shape index (κ2) is 6.54. The summed E-state index contributed by atoms with van der Waals surface area (Å²) < 4.78 is 0. The lowest BCUT2D eigenvalue weighted by Crippen LogP contribution is -2.41. The van der Waals surface area contributed by atoms with Crippen LogP contribution in [0.1, 0.15) is 59.4 Å². The van der Waals surface area contributed by atoms with Gasteiger partial charge in [-0.3, -0.25) is 9.59 Å². The van der Waals surface area contributed by atoms with Gasteiger partial charge in [-0.05, 0) is 51.9 Å². The molecule has 3 aromatic rings. The van der Waals surface area contributed by atoms with Gasteiger partial charge in [-0.15, -0.1) is 0 Å². The van der Waals surface area contributed by atoms with Crippen molar-refractivity contribution >= 4 is 29.1 Å². The monoisotopic (exact) mass is 427 g/mol. The SMILES string of the molecule is CC(C)c1ccc2c(c1)[C@H]1c3ccccc3[C@H]2[C@@H]2C(=O)N(c3cccc(Cl)c3)C(=O)[C@H]12. The fourth-order valence-electron chi connectivity index (χ4n) is 5.97. The van der Waals surface area contributed by atoms with Crippen molar-refractivity contribution < 1.29 is 9.59 Å². The summed E-state index contributed by atoms with van der Waals surface area (Å²) in [6.07, 6.45) is 0. The normalized spacial score (nSPS) is 25.6. The number of hydrogen-bond acceptors (Lipinski definition) is 2. The number of carbonyl (C=O) groups is 2.